The lowest BCUT2D eigenvalue weighted by atomic mass is 9.62. The van der Waals surface area contributed by atoms with E-state index in [9.17, 15) is 14.4 Å². The summed E-state index contributed by atoms with van der Waals surface area (Å²) in [5, 5.41) is 11.9. The Kier molecular flexibility index (Phi) is 8.83. The summed E-state index contributed by atoms with van der Waals surface area (Å²) in [7, 11) is 0. The monoisotopic (exact) mass is 589 g/mol. The molecular weight excluding hydrogens is 550 g/mol. The third-order valence-electron chi connectivity index (χ3n) is 8.73. The van der Waals surface area contributed by atoms with E-state index in [2.05, 4.69) is 21.3 Å². The Morgan fingerprint density at radius 2 is 1.50 bits per heavy atom. The zero-order valence-corrected chi connectivity index (χ0v) is 25.3. The van der Waals surface area contributed by atoms with Crippen LogP contribution in [0.3, 0.4) is 0 Å². The number of carbonyl (C=O) groups excluding carboxylic acids is 3. The minimum Gasteiger partial charge on any atom is -0.334 e. The summed E-state index contributed by atoms with van der Waals surface area (Å²) in [6.45, 7) is 5.78. The highest BCUT2D eigenvalue weighted by molar-refractivity contribution is 6.03. The SMILES string of the molecule is CC(C)(N)C(C)(C(=O)Nc1ccc(-c2ccccc2NC(=O)NCc2ccccc2)cc1)[C@H]1CCc2ccccc2NC1=O. The van der Waals surface area contributed by atoms with E-state index in [1.54, 1.807) is 20.8 Å². The Balaban J connectivity index is 1.30. The van der Waals surface area contributed by atoms with Crippen molar-refractivity contribution in [2.24, 2.45) is 17.1 Å². The number of fused-ring (bicyclic) bond motifs is 1. The van der Waals surface area contributed by atoms with E-state index < -0.39 is 16.9 Å². The molecule has 5 rings (SSSR count). The molecular formula is C36H39N5O3. The number of urea groups is 1. The number of rotatable bonds is 8. The van der Waals surface area contributed by atoms with E-state index in [-0.39, 0.29) is 17.8 Å². The molecule has 4 amide bonds. The fourth-order valence-corrected chi connectivity index (χ4v) is 5.74. The normalized spacial score (nSPS) is 16.0. The average Bonchev–Trinajstić information content (AvgIpc) is 3.18. The summed E-state index contributed by atoms with van der Waals surface area (Å²) in [6, 6.07) is 32.1. The maximum absolute atomic E-state index is 14.0. The summed E-state index contributed by atoms with van der Waals surface area (Å²) in [6.07, 6.45) is 1.15. The van der Waals surface area contributed by atoms with E-state index in [1.165, 1.54) is 0 Å². The van der Waals surface area contributed by atoms with Crippen molar-refractivity contribution in [2.75, 3.05) is 16.0 Å². The number of para-hydroxylation sites is 2. The molecule has 44 heavy (non-hydrogen) atoms. The van der Waals surface area contributed by atoms with Crippen molar-refractivity contribution in [1.29, 1.82) is 0 Å². The number of hydrogen-bond donors (Lipinski definition) is 5. The fourth-order valence-electron chi connectivity index (χ4n) is 5.74. The second-order valence-corrected chi connectivity index (χ2v) is 12.0. The third kappa shape index (κ3) is 6.50. The van der Waals surface area contributed by atoms with Gasteiger partial charge >= 0.3 is 6.03 Å². The van der Waals surface area contributed by atoms with Crippen molar-refractivity contribution in [2.45, 2.75) is 45.7 Å². The molecule has 4 aromatic rings. The number of aryl methyl sites for hydroxylation is 1. The first-order chi connectivity index (χ1) is 21.1. The Bertz CT molecular complexity index is 1650. The van der Waals surface area contributed by atoms with E-state index in [1.807, 2.05) is 103 Å². The van der Waals surface area contributed by atoms with E-state index in [0.717, 1.165) is 27.9 Å². The summed E-state index contributed by atoms with van der Waals surface area (Å²) in [5.74, 6) is -1.17. The molecule has 0 fully saturated rings. The number of nitrogens with two attached hydrogens (primary N) is 1. The minimum absolute atomic E-state index is 0.210. The molecule has 2 atom stereocenters. The molecule has 4 aromatic carbocycles. The maximum atomic E-state index is 14.0. The first kappa shape index (κ1) is 30.5. The van der Waals surface area contributed by atoms with Crippen LogP contribution in [0.1, 0.15) is 38.3 Å². The predicted molar refractivity (Wildman–Crippen MR) is 176 cm³/mol. The van der Waals surface area contributed by atoms with E-state index in [0.29, 0.717) is 30.8 Å². The van der Waals surface area contributed by atoms with Crippen LogP contribution in [0.2, 0.25) is 0 Å². The Labute approximate surface area is 258 Å². The molecule has 0 bridgehead atoms. The Hall–Kier alpha value is -4.95. The highest BCUT2D eigenvalue weighted by Gasteiger charge is 2.53. The van der Waals surface area contributed by atoms with Gasteiger partial charge in [-0.05, 0) is 74.6 Å². The third-order valence-corrected chi connectivity index (χ3v) is 8.73. The quantitative estimate of drug-likeness (QED) is 0.160. The molecule has 226 valence electrons. The van der Waals surface area contributed by atoms with Gasteiger partial charge < -0.3 is 27.0 Å². The van der Waals surface area contributed by atoms with Gasteiger partial charge in [0.15, 0.2) is 0 Å². The molecule has 1 aliphatic rings. The van der Waals surface area contributed by atoms with E-state index >= 15 is 0 Å². The fraction of sp³-hybridized carbons (Fsp3) is 0.250. The molecule has 6 N–H and O–H groups in total. The topological polar surface area (TPSA) is 125 Å². The summed E-state index contributed by atoms with van der Waals surface area (Å²) in [5.41, 5.74) is 10.2. The number of hydrogen-bond acceptors (Lipinski definition) is 4. The van der Waals surface area contributed by atoms with Crippen molar-refractivity contribution in [3.05, 3.63) is 114 Å². The summed E-state index contributed by atoms with van der Waals surface area (Å²) >= 11 is 0. The van der Waals surface area contributed by atoms with Gasteiger partial charge in [-0.2, -0.15) is 0 Å². The average molecular weight is 590 g/mol. The van der Waals surface area contributed by atoms with Crippen molar-refractivity contribution >= 4 is 34.9 Å². The molecule has 1 aliphatic heterocycles. The Morgan fingerprint density at radius 3 is 2.23 bits per heavy atom. The van der Waals surface area contributed by atoms with E-state index in [4.69, 9.17) is 5.73 Å². The second kappa shape index (κ2) is 12.7. The van der Waals surface area contributed by atoms with Gasteiger partial charge in [0.1, 0.15) is 0 Å². The van der Waals surface area contributed by atoms with Crippen molar-refractivity contribution in [1.82, 2.24) is 5.32 Å². The summed E-state index contributed by atoms with van der Waals surface area (Å²) in [4.78, 5) is 40.1. The van der Waals surface area contributed by atoms with Crippen LogP contribution in [0.25, 0.3) is 11.1 Å². The molecule has 0 saturated heterocycles. The van der Waals surface area contributed by atoms with Gasteiger partial charge in [-0.25, -0.2) is 4.79 Å². The molecule has 8 nitrogen and oxygen atoms in total. The van der Waals surface area contributed by atoms with Crippen molar-refractivity contribution in [3.8, 4) is 11.1 Å². The van der Waals surface area contributed by atoms with Gasteiger partial charge in [-0.3, -0.25) is 9.59 Å². The van der Waals surface area contributed by atoms with Crippen LogP contribution in [0.5, 0.6) is 0 Å². The van der Waals surface area contributed by atoms with Crippen LogP contribution >= 0.6 is 0 Å². The van der Waals surface area contributed by atoms with Gasteiger partial charge in [0.25, 0.3) is 0 Å². The highest BCUT2D eigenvalue weighted by Crippen LogP contribution is 2.43. The van der Waals surface area contributed by atoms with Crippen LogP contribution in [0.4, 0.5) is 21.9 Å². The van der Waals surface area contributed by atoms with Crippen LogP contribution < -0.4 is 27.0 Å². The van der Waals surface area contributed by atoms with Gasteiger partial charge in [-0.1, -0.05) is 78.9 Å². The lowest BCUT2D eigenvalue weighted by molar-refractivity contribution is -0.139. The smallest absolute Gasteiger partial charge is 0.319 e. The molecule has 1 unspecified atom stereocenters. The summed E-state index contributed by atoms with van der Waals surface area (Å²) < 4.78 is 0. The number of nitrogens with one attached hydrogen (secondary N) is 4. The number of benzene rings is 4. The molecule has 0 aromatic heterocycles. The predicted octanol–water partition coefficient (Wildman–Crippen LogP) is 6.56. The number of carbonyl (C=O) groups is 3. The molecule has 0 aliphatic carbocycles. The lowest BCUT2D eigenvalue weighted by Gasteiger charge is -2.44. The molecule has 8 heteroatoms. The van der Waals surface area contributed by atoms with Crippen LogP contribution in [-0.2, 0) is 22.6 Å². The first-order valence-electron chi connectivity index (χ1n) is 14.8. The standard InChI is InChI=1S/C36H39N5O3/c1-35(2,37)36(3,29-22-19-26-13-7-9-15-30(26)40-32(29)42)33(43)39-27-20-17-25(18-21-27)28-14-8-10-16-31(28)41-34(44)38-23-24-11-5-4-6-12-24/h4-18,20-21,29H,19,22-23,37H2,1-3H3,(H,39,43)(H,40,42)(H2,38,41,44)/t29-,36?/m0/s1. The molecule has 0 spiro atoms. The number of anilines is 3. The zero-order chi connectivity index (χ0) is 31.3. The van der Waals surface area contributed by atoms with Crippen LogP contribution in [0.15, 0.2) is 103 Å². The maximum Gasteiger partial charge on any atom is 0.319 e. The molecule has 1 heterocycles. The largest absolute Gasteiger partial charge is 0.334 e. The van der Waals surface area contributed by atoms with Gasteiger partial charge in [-0.15, -0.1) is 0 Å². The van der Waals surface area contributed by atoms with Crippen LogP contribution in [-0.4, -0.2) is 23.4 Å². The first-order valence-corrected chi connectivity index (χ1v) is 14.8. The molecule has 0 saturated carbocycles. The van der Waals surface area contributed by atoms with Crippen molar-refractivity contribution < 1.29 is 14.4 Å². The van der Waals surface area contributed by atoms with Gasteiger partial charge in [0.2, 0.25) is 11.8 Å². The van der Waals surface area contributed by atoms with Crippen LogP contribution in [0, 0.1) is 11.3 Å². The second-order valence-electron chi connectivity index (χ2n) is 12.0. The van der Waals surface area contributed by atoms with Crippen molar-refractivity contribution in [3.63, 3.8) is 0 Å². The zero-order valence-electron chi connectivity index (χ0n) is 25.3. The van der Waals surface area contributed by atoms with Gasteiger partial charge in [0.05, 0.1) is 17.0 Å². The minimum atomic E-state index is -1.21. The number of amides is 4. The Morgan fingerprint density at radius 1 is 0.841 bits per heavy atom. The lowest BCUT2D eigenvalue weighted by Crippen LogP contribution is -2.61. The highest BCUT2D eigenvalue weighted by atomic mass is 16.2. The van der Waals surface area contributed by atoms with Gasteiger partial charge in [0, 0.05) is 29.0 Å². The molecule has 0 radical (unpaired) electrons.